The van der Waals surface area contributed by atoms with Gasteiger partial charge in [0, 0.05) is 12.2 Å². The van der Waals surface area contributed by atoms with Crippen molar-refractivity contribution in [3.05, 3.63) is 17.5 Å². The summed E-state index contributed by atoms with van der Waals surface area (Å²) in [6, 6.07) is 0. The van der Waals surface area contributed by atoms with E-state index in [2.05, 4.69) is 16.7 Å². The molecule has 1 aliphatic rings. The monoisotopic (exact) mass is 196 g/mol. The number of aryl methyl sites for hydroxylation is 2. The second-order valence-electron chi connectivity index (χ2n) is 2.95. The van der Waals surface area contributed by atoms with Crippen LogP contribution in [0.4, 0.5) is 0 Å². The lowest BCUT2D eigenvalue weighted by molar-refractivity contribution is 0.485. The van der Waals surface area contributed by atoms with E-state index >= 15 is 0 Å². The van der Waals surface area contributed by atoms with E-state index in [1.54, 1.807) is 0 Å². The average Bonchev–Trinajstić information content (AvgIpc) is 2.67. The lowest BCUT2D eigenvalue weighted by atomic mass is 10.1. The molecule has 0 saturated carbocycles. The Labute approximate surface area is 88.3 Å². The van der Waals surface area contributed by atoms with E-state index in [-0.39, 0.29) is 0 Å². The number of fused-ring (bicyclic) bond motifs is 1. The summed E-state index contributed by atoms with van der Waals surface area (Å²) in [5, 5.41) is 4.27. The molecule has 0 amide bonds. The molecule has 2 nitrogen and oxygen atoms in total. The van der Waals surface area contributed by atoms with Gasteiger partial charge in [-0.05, 0) is 31.7 Å². The van der Waals surface area contributed by atoms with Crippen molar-refractivity contribution in [3.63, 3.8) is 0 Å². The Balaban J connectivity index is 0.000000379. The van der Waals surface area contributed by atoms with Crippen LogP contribution in [0.5, 0.6) is 0 Å². The molecule has 0 unspecified atom stereocenters. The zero-order valence-electron chi connectivity index (χ0n) is 10.3. The third kappa shape index (κ3) is 3.17. The van der Waals surface area contributed by atoms with Crippen molar-refractivity contribution < 1.29 is 0 Å². The SMILES string of the molecule is CC.CC.Cc1cnn2c1CCCC2. The number of hydrogen-bond acceptors (Lipinski definition) is 1. The molecule has 0 N–H and O–H groups in total. The zero-order valence-corrected chi connectivity index (χ0v) is 10.3. The molecule has 0 saturated heterocycles. The second-order valence-corrected chi connectivity index (χ2v) is 2.95. The predicted molar refractivity (Wildman–Crippen MR) is 62.6 cm³/mol. The Morgan fingerprint density at radius 2 is 1.79 bits per heavy atom. The van der Waals surface area contributed by atoms with Crippen molar-refractivity contribution in [2.75, 3.05) is 0 Å². The van der Waals surface area contributed by atoms with Crippen LogP contribution < -0.4 is 0 Å². The maximum atomic E-state index is 4.27. The molecule has 14 heavy (non-hydrogen) atoms. The van der Waals surface area contributed by atoms with Crippen LogP contribution in [-0.4, -0.2) is 9.78 Å². The summed E-state index contributed by atoms with van der Waals surface area (Å²) in [6.07, 6.45) is 5.84. The normalized spacial score (nSPS) is 12.9. The van der Waals surface area contributed by atoms with E-state index in [1.807, 2.05) is 33.9 Å². The van der Waals surface area contributed by atoms with E-state index in [4.69, 9.17) is 0 Å². The van der Waals surface area contributed by atoms with E-state index in [9.17, 15) is 0 Å². The van der Waals surface area contributed by atoms with Crippen molar-refractivity contribution in [3.8, 4) is 0 Å². The first-order chi connectivity index (χ1) is 6.88. The van der Waals surface area contributed by atoms with Gasteiger partial charge in [0.25, 0.3) is 0 Å². The maximum Gasteiger partial charge on any atom is 0.0521 e. The van der Waals surface area contributed by atoms with Crippen molar-refractivity contribution in [1.82, 2.24) is 9.78 Å². The standard InChI is InChI=1S/C8H12N2.2C2H6/c1-7-6-9-10-5-3-2-4-8(7)10;2*1-2/h6H,2-5H2,1H3;2*1-2H3. The minimum atomic E-state index is 1.13. The summed E-state index contributed by atoms with van der Waals surface area (Å²) in [6.45, 7) is 11.3. The first kappa shape index (κ1) is 13.2. The summed E-state index contributed by atoms with van der Waals surface area (Å²) >= 11 is 0. The third-order valence-corrected chi connectivity index (χ3v) is 2.19. The molecule has 0 bridgehead atoms. The highest BCUT2D eigenvalue weighted by Gasteiger charge is 2.10. The fraction of sp³-hybridized carbons (Fsp3) is 0.750. The van der Waals surface area contributed by atoms with Gasteiger partial charge in [-0.1, -0.05) is 27.7 Å². The highest BCUT2D eigenvalue weighted by molar-refractivity contribution is 5.16. The van der Waals surface area contributed by atoms with Gasteiger partial charge in [-0.2, -0.15) is 5.10 Å². The molecule has 1 aromatic heterocycles. The van der Waals surface area contributed by atoms with Crippen molar-refractivity contribution in [2.45, 2.75) is 60.4 Å². The van der Waals surface area contributed by atoms with Crippen LogP contribution in [0.1, 0.15) is 51.8 Å². The summed E-state index contributed by atoms with van der Waals surface area (Å²) in [5.41, 5.74) is 2.81. The molecule has 2 rings (SSSR count). The maximum absolute atomic E-state index is 4.27. The number of nitrogens with zero attached hydrogens (tertiary/aromatic N) is 2. The van der Waals surface area contributed by atoms with Gasteiger partial charge < -0.3 is 0 Å². The molecule has 1 aromatic rings. The van der Waals surface area contributed by atoms with E-state index < -0.39 is 0 Å². The molecule has 0 spiro atoms. The van der Waals surface area contributed by atoms with E-state index in [1.165, 1.54) is 30.5 Å². The lowest BCUT2D eigenvalue weighted by Crippen LogP contribution is -2.11. The van der Waals surface area contributed by atoms with Gasteiger partial charge in [0.1, 0.15) is 0 Å². The first-order valence-corrected chi connectivity index (χ1v) is 5.89. The summed E-state index contributed by atoms with van der Waals surface area (Å²) in [5.74, 6) is 0. The molecule has 2 heteroatoms. The van der Waals surface area contributed by atoms with Gasteiger partial charge in [0.15, 0.2) is 0 Å². The van der Waals surface area contributed by atoms with Crippen molar-refractivity contribution in [2.24, 2.45) is 0 Å². The summed E-state index contributed by atoms with van der Waals surface area (Å²) in [7, 11) is 0. The molecule has 2 heterocycles. The molecule has 1 aliphatic heterocycles. The second kappa shape index (κ2) is 7.60. The van der Waals surface area contributed by atoms with Gasteiger partial charge in [-0.15, -0.1) is 0 Å². The lowest BCUT2D eigenvalue weighted by Gasteiger charge is -2.13. The molecule has 0 atom stereocenters. The van der Waals surface area contributed by atoms with Gasteiger partial charge >= 0.3 is 0 Å². The number of hydrogen-bond donors (Lipinski definition) is 0. The molecule has 0 radical (unpaired) electrons. The van der Waals surface area contributed by atoms with Crippen molar-refractivity contribution >= 4 is 0 Å². The van der Waals surface area contributed by atoms with Gasteiger partial charge in [0.05, 0.1) is 6.20 Å². The Morgan fingerprint density at radius 1 is 1.14 bits per heavy atom. The molecule has 0 aromatic carbocycles. The summed E-state index contributed by atoms with van der Waals surface area (Å²) < 4.78 is 2.14. The summed E-state index contributed by atoms with van der Waals surface area (Å²) in [4.78, 5) is 0. The van der Waals surface area contributed by atoms with Crippen LogP contribution in [0.15, 0.2) is 6.20 Å². The van der Waals surface area contributed by atoms with Crippen LogP contribution in [0.25, 0.3) is 0 Å². The molecule has 82 valence electrons. The zero-order chi connectivity index (χ0) is 11.0. The van der Waals surface area contributed by atoms with Crippen LogP contribution in [0.3, 0.4) is 0 Å². The van der Waals surface area contributed by atoms with Crippen LogP contribution in [0.2, 0.25) is 0 Å². The van der Waals surface area contributed by atoms with Crippen LogP contribution >= 0.6 is 0 Å². The average molecular weight is 196 g/mol. The van der Waals surface area contributed by atoms with E-state index in [0.29, 0.717) is 0 Å². The Kier molecular flexibility index (Phi) is 7.17. The first-order valence-electron chi connectivity index (χ1n) is 5.89. The van der Waals surface area contributed by atoms with E-state index in [0.717, 1.165) is 6.54 Å². The predicted octanol–water partition coefficient (Wildman–Crippen LogP) is 3.58. The third-order valence-electron chi connectivity index (χ3n) is 2.19. The highest BCUT2D eigenvalue weighted by Crippen LogP contribution is 2.16. The van der Waals surface area contributed by atoms with Crippen LogP contribution in [0, 0.1) is 6.92 Å². The smallest absolute Gasteiger partial charge is 0.0521 e. The Hall–Kier alpha value is -0.790. The minimum absolute atomic E-state index is 1.13. The fourth-order valence-corrected chi connectivity index (χ4v) is 1.58. The molecular formula is C12H24N2. The Bertz CT molecular complexity index is 238. The molecule has 0 fully saturated rings. The van der Waals surface area contributed by atoms with Crippen LogP contribution in [-0.2, 0) is 13.0 Å². The quantitative estimate of drug-likeness (QED) is 0.620. The Morgan fingerprint density at radius 3 is 2.36 bits per heavy atom. The fourth-order valence-electron chi connectivity index (χ4n) is 1.58. The molecule has 0 aliphatic carbocycles. The van der Waals surface area contributed by atoms with Gasteiger partial charge in [0.2, 0.25) is 0 Å². The largest absolute Gasteiger partial charge is 0.269 e. The van der Waals surface area contributed by atoms with Gasteiger partial charge in [-0.25, -0.2) is 0 Å². The number of rotatable bonds is 0. The number of aromatic nitrogens is 2. The topological polar surface area (TPSA) is 17.8 Å². The van der Waals surface area contributed by atoms with Crippen molar-refractivity contribution in [1.29, 1.82) is 0 Å². The minimum Gasteiger partial charge on any atom is -0.269 e. The molecular weight excluding hydrogens is 172 g/mol. The van der Waals surface area contributed by atoms with Gasteiger partial charge in [-0.3, -0.25) is 4.68 Å². The highest BCUT2D eigenvalue weighted by atomic mass is 15.3.